The minimum atomic E-state index is -0.564. The van der Waals surface area contributed by atoms with Gasteiger partial charge in [0.2, 0.25) is 0 Å². The maximum Gasteiger partial charge on any atom is 0.262 e. The molecule has 0 unspecified atom stereocenters. The van der Waals surface area contributed by atoms with E-state index in [-0.39, 0.29) is 11.1 Å². The fourth-order valence-electron chi connectivity index (χ4n) is 3.51. The highest BCUT2D eigenvalue weighted by atomic mass is 19.1. The molecule has 8 heteroatoms. The standard InChI is InChI=1S/C21H20FN5O2/c1-12-18-19(26-25-12)15-11-13(23)7-8-17(15)27(21(18)29)10-4-9-24-20(28)14-5-2-3-6-16(14)22/h2-3,5-8,11H,4,9-10,23H2,1H3,(H,24,28)(H,25,26). The molecule has 4 rings (SSSR count). The molecule has 2 aromatic carbocycles. The Bertz CT molecular complexity index is 1290. The van der Waals surface area contributed by atoms with E-state index >= 15 is 0 Å². The van der Waals surface area contributed by atoms with Crippen molar-refractivity contribution in [3.8, 4) is 0 Å². The maximum atomic E-state index is 13.7. The van der Waals surface area contributed by atoms with Crippen molar-refractivity contribution in [3.63, 3.8) is 0 Å². The molecular weight excluding hydrogens is 373 g/mol. The Kier molecular flexibility index (Phi) is 4.75. The zero-order chi connectivity index (χ0) is 20.5. The molecule has 1 amide bonds. The summed E-state index contributed by atoms with van der Waals surface area (Å²) < 4.78 is 15.4. The van der Waals surface area contributed by atoms with Crippen LogP contribution in [0.3, 0.4) is 0 Å². The zero-order valence-electron chi connectivity index (χ0n) is 15.8. The fraction of sp³-hybridized carbons (Fsp3) is 0.190. The molecular formula is C21H20FN5O2. The Labute approximate surface area is 165 Å². The minimum absolute atomic E-state index is 0.000957. The summed E-state index contributed by atoms with van der Waals surface area (Å²) in [6.07, 6.45) is 0.502. The number of rotatable bonds is 5. The average Bonchev–Trinajstić information content (AvgIpc) is 3.09. The van der Waals surface area contributed by atoms with Gasteiger partial charge in [0.15, 0.2) is 0 Å². The lowest BCUT2D eigenvalue weighted by Gasteiger charge is -2.12. The van der Waals surface area contributed by atoms with Gasteiger partial charge < -0.3 is 15.6 Å². The predicted molar refractivity (Wildman–Crippen MR) is 110 cm³/mol. The van der Waals surface area contributed by atoms with E-state index in [1.807, 2.05) is 0 Å². The van der Waals surface area contributed by atoms with Gasteiger partial charge in [-0.1, -0.05) is 12.1 Å². The highest BCUT2D eigenvalue weighted by Gasteiger charge is 2.16. The third-order valence-corrected chi connectivity index (χ3v) is 4.94. The number of nitrogens with one attached hydrogen (secondary N) is 2. The predicted octanol–water partition coefficient (Wildman–Crippen LogP) is 2.73. The Morgan fingerprint density at radius 2 is 2.07 bits per heavy atom. The van der Waals surface area contributed by atoms with E-state index in [1.54, 1.807) is 35.8 Å². The SMILES string of the molecule is Cc1[nH]nc2c1c(=O)n(CCCNC(=O)c1ccccc1F)c1ccc(N)cc21. The number of hydrogen-bond acceptors (Lipinski definition) is 4. The van der Waals surface area contributed by atoms with E-state index < -0.39 is 11.7 Å². The highest BCUT2D eigenvalue weighted by molar-refractivity contribution is 6.05. The van der Waals surface area contributed by atoms with Crippen LogP contribution in [0.2, 0.25) is 0 Å². The third-order valence-electron chi connectivity index (χ3n) is 4.94. The molecule has 0 fully saturated rings. The average molecular weight is 393 g/mol. The molecule has 0 aliphatic heterocycles. The molecule has 29 heavy (non-hydrogen) atoms. The fourth-order valence-corrected chi connectivity index (χ4v) is 3.51. The summed E-state index contributed by atoms with van der Waals surface area (Å²) in [4.78, 5) is 25.2. The first-order chi connectivity index (χ1) is 14.0. The Balaban J connectivity index is 1.58. The van der Waals surface area contributed by atoms with Gasteiger partial charge in [0.05, 0.1) is 16.5 Å². The molecule has 2 heterocycles. The van der Waals surface area contributed by atoms with Crippen molar-refractivity contribution < 1.29 is 9.18 Å². The molecule has 4 aromatic rings. The quantitative estimate of drug-likeness (QED) is 0.358. The molecule has 148 valence electrons. The second-order valence-electron chi connectivity index (χ2n) is 6.89. The summed E-state index contributed by atoms with van der Waals surface area (Å²) >= 11 is 0. The lowest BCUT2D eigenvalue weighted by atomic mass is 10.1. The molecule has 0 atom stereocenters. The molecule has 0 bridgehead atoms. The second kappa shape index (κ2) is 7.38. The van der Waals surface area contributed by atoms with Crippen LogP contribution in [0.5, 0.6) is 0 Å². The minimum Gasteiger partial charge on any atom is -0.399 e. The van der Waals surface area contributed by atoms with Gasteiger partial charge in [0.1, 0.15) is 11.3 Å². The van der Waals surface area contributed by atoms with Crippen LogP contribution in [-0.2, 0) is 6.54 Å². The molecule has 4 N–H and O–H groups in total. The van der Waals surface area contributed by atoms with Gasteiger partial charge in [-0.2, -0.15) is 5.10 Å². The maximum absolute atomic E-state index is 13.7. The van der Waals surface area contributed by atoms with Crippen molar-refractivity contribution in [1.29, 1.82) is 0 Å². The number of aromatic nitrogens is 3. The van der Waals surface area contributed by atoms with Crippen molar-refractivity contribution in [3.05, 3.63) is 69.9 Å². The molecule has 7 nitrogen and oxygen atoms in total. The number of pyridine rings is 1. The van der Waals surface area contributed by atoms with Gasteiger partial charge in [-0.3, -0.25) is 14.7 Å². The van der Waals surface area contributed by atoms with E-state index in [2.05, 4.69) is 15.5 Å². The number of anilines is 1. The number of H-pyrrole nitrogens is 1. The number of nitrogens with zero attached hydrogens (tertiary/aromatic N) is 2. The molecule has 0 aliphatic rings. The van der Waals surface area contributed by atoms with Gasteiger partial charge in [0, 0.05) is 29.9 Å². The summed E-state index contributed by atoms with van der Waals surface area (Å²) in [5.41, 5.74) is 8.38. The first-order valence-corrected chi connectivity index (χ1v) is 9.27. The monoisotopic (exact) mass is 393 g/mol. The Hall–Kier alpha value is -3.68. The topological polar surface area (TPSA) is 106 Å². The number of fused-ring (bicyclic) bond motifs is 3. The van der Waals surface area contributed by atoms with Crippen molar-refractivity contribution in [2.75, 3.05) is 12.3 Å². The Morgan fingerprint density at radius 3 is 2.86 bits per heavy atom. The van der Waals surface area contributed by atoms with Gasteiger partial charge in [-0.15, -0.1) is 0 Å². The molecule has 0 saturated heterocycles. The lowest BCUT2D eigenvalue weighted by molar-refractivity contribution is 0.0948. The molecule has 0 aliphatic carbocycles. The summed E-state index contributed by atoms with van der Waals surface area (Å²) in [6, 6.07) is 11.2. The van der Waals surface area contributed by atoms with Crippen LogP contribution in [0.1, 0.15) is 22.5 Å². The van der Waals surface area contributed by atoms with Gasteiger partial charge in [-0.05, 0) is 43.7 Å². The second-order valence-corrected chi connectivity index (χ2v) is 6.89. The molecule has 0 spiro atoms. The summed E-state index contributed by atoms with van der Waals surface area (Å²) in [5.74, 6) is -1.04. The van der Waals surface area contributed by atoms with Gasteiger partial charge in [0.25, 0.3) is 11.5 Å². The van der Waals surface area contributed by atoms with Crippen molar-refractivity contribution in [2.45, 2.75) is 19.9 Å². The first-order valence-electron chi connectivity index (χ1n) is 9.27. The summed E-state index contributed by atoms with van der Waals surface area (Å²) in [7, 11) is 0. The molecule has 2 aromatic heterocycles. The first kappa shape index (κ1) is 18.7. The number of carbonyl (C=O) groups excluding carboxylic acids is 1. The van der Waals surface area contributed by atoms with Crippen LogP contribution < -0.4 is 16.6 Å². The Morgan fingerprint density at radius 1 is 1.28 bits per heavy atom. The number of amides is 1. The number of nitrogens with two attached hydrogens (primary N) is 1. The number of aromatic amines is 1. The van der Waals surface area contributed by atoms with Gasteiger partial charge >= 0.3 is 0 Å². The van der Waals surface area contributed by atoms with Crippen molar-refractivity contribution in [1.82, 2.24) is 20.1 Å². The number of aryl methyl sites for hydroxylation is 2. The lowest BCUT2D eigenvalue weighted by Crippen LogP contribution is -2.28. The number of nitrogen functional groups attached to an aromatic ring is 1. The largest absolute Gasteiger partial charge is 0.399 e. The van der Waals surface area contributed by atoms with E-state index in [4.69, 9.17) is 5.73 Å². The zero-order valence-corrected chi connectivity index (χ0v) is 15.8. The number of benzene rings is 2. The van der Waals surface area contributed by atoms with Crippen LogP contribution in [0, 0.1) is 12.7 Å². The van der Waals surface area contributed by atoms with Crippen LogP contribution in [0.15, 0.2) is 47.3 Å². The van der Waals surface area contributed by atoms with Crippen molar-refractivity contribution in [2.24, 2.45) is 0 Å². The van der Waals surface area contributed by atoms with E-state index in [1.165, 1.54) is 18.2 Å². The highest BCUT2D eigenvalue weighted by Crippen LogP contribution is 2.24. The van der Waals surface area contributed by atoms with E-state index in [9.17, 15) is 14.0 Å². The molecule has 0 radical (unpaired) electrons. The molecule has 0 saturated carbocycles. The van der Waals surface area contributed by atoms with Crippen LogP contribution >= 0.6 is 0 Å². The smallest absolute Gasteiger partial charge is 0.262 e. The number of hydrogen-bond donors (Lipinski definition) is 3. The van der Waals surface area contributed by atoms with Crippen LogP contribution in [-0.4, -0.2) is 27.2 Å². The summed E-state index contributed by atoms with van der Waals surface area (Å²) in [6.45, 7) is 2.49. The van der Waals surface area contributed by atoms with Crippen molar-refractivity contribution >= 4 is 33.4 Å². The number of carbonyl (C=O) groups is 1. The van der Waals surface area contributed by atoms with Gasteiger partial charge in [-0.25, -0.2) is 4.39 Å². The van der Waals surface area contributed by atoms with E-state index in [0.717, 1.165) is 10.9 Å². The summed E-state index contributed by atoms with van der Waals surface area (Å²) in [5, 5.41) is 11.1. The third kappa shape index (κ3) is 3.33. The van der Waals surface area contributed by atoms with Crippen LogP contribution in [0.25, 0.3) is 21.8 Å². The van der Waals surface area contributed by atoms with E-state index in [0.29, 0.717) is 41.8 Å². The number of halogens is 1. The van der Waals surface area contributed by atoms with Crippen LogP contribution in [0.4, 0.5) is 10.1 Å². The normalized spacial score (nSPS) is 11.2.